The zero-order chi connectivity index (χ0) is 24.6. The van der Waals surface area contributed by atoms with Gasteiger partial charge >= 0.3 is 0 Å². The Kier molecular flexibility index (Phi) is 8.85. The van der Waals surface area contributed by atoms with Crippen molar-refractivity contribution in [3.63, 3.8) is 0 Å². The van der Waals surface area contributed by atoms with Crippen molar-refractivity contribution in [2.24, 2.45) is 0 Å². The van der Waals surface area contributed by atoms with E-state index in [2.05, 4.69) is 17.0 Å². The van der Waals surface area contributed by atoms with E-state index in [-0.39, 0.29) is 17.1 Å². The summed E-state index contributed by atoms with van der Waals surface area (Å²) in [7, 11) is -2.62. The van der Waals surface area contributed by atoms with Crippen LogP contribution >= 0.6 is 0 Å². The predicted molar refractivity (Wildman–Crippen MR) is 136 cm³/mol. The standard InChI is InChI=1S/C27H32N2O4S/c1-4-5-9-21-13-15-23(16-14-21)28-27(30)24(19-22-10-7-6-8-11-22)29-34(31,32)26-18-20(2)12-17-25(26)33-3/h6-8,10-18,24,29H,4-5,9,19H2,1-3H3,(H,28,30)/t24-/m0/s1. The molecule has 0 saturated carbocycles. The third kappa shape index (κ3) is 6.92. The van der Waals surface area contributed by atoms with Gasteiger partial charge in [0.15, 0.2) is 0 Å². The van der Waals surface area contributed by atoms with E-state index in [1.807, 2.05) is 54.6 Å². The number of nitrogens with one attached hydrogen (secondary N) is 2. The molecule has 34 heavy (non-hydrogen) atoms. The van der Waals surface area contributed by atoms with Gasteiger partial charge in [-0.05, 0) is 67.1 Å². The lowest BCUT2D eigenvalue weighted by atomic mass is 10.1. The molecule has 7 heteroatoms. The lowest BCUT2D eigenvalue weighted by Crippen LogP contribution is -2.45. The number of ether oxygens (including phenoxy) is 1. The summed E-state index contributed by atoms with van der Waals surface area (Å²) in [6.07, 6.45) is 3.41. The van der Waals surface area contributed by atoms with E-state index in [9.17, 15) is 13.2 Å². The van der Waals surface area contributed by atoms with Gasteiger partial charge in [-0.25, -0.2) is 8.42 Å². The van der Waals surface area contributed by atoms with Gasteiger partial charge in [0.25, 0.3) is 0 Å². The first kappa shape index (κ1) is 25.5. The van der Waals surface area contributed by atoms with Crippen molar-refractivity contribution in [1.29, 1.82) is 0 Å². The molecule has 0 fully saturated rings. The summed E-state index contributed by atoms with van der Waals surface area (Å²) in [4.78, 5) is 13.2. The maximum Gasteiger partial charge on any atom is 0.245 e. The molecule has 1 atom stereocenters. The van der Waals surface area contributed by atoms with Gasteiger partial charge in [0.1, 0.15) is 16.7 Å². The van der Waals surface area contributed by atoms with Crippen molar-refractivity contribution in [2.75, 3.05) is 12.4 Å². The number of rotatable bonds is 11. The molecule has 0 saturated heterocycles. The molecule has 0 spiro atoms. The Bertz CT molecular complexity index is 1190. The normalized spacial score (nSPS) is 12.2. The van der Waals surface area contributed by atoms with Crippen LogP contribution in [0.25, 0.3) is 0 Å². The van der Waals surface area contributed by atoms with Crippen LogP contribution in [0.4, 0.5) is 5.69 Å². The monoisotopic (exact) mass is 480 g/mol. The molecular formula is C27H32N2O4S. The SMILES string of the molecule is CCCCc1ccc(NC(=O)[C@H](Cc2ccccc2)NS(=O)(=O)c2cc(C)ccc2OC)cc1. The van der Waals surface area contributed by atoms with Gasteiger partial charge in [-0.3, -0.25) is 4.79 Å². The molecule has 0 aliphatic carbocycles. The number of carbonyl (C=O) groups excluding carboxylic acids is 1. The van der Waals surface area contributed by atoms with E-state index in [1.54, 1.807) is 19.1 Å². The Morgan fingerprint density at radius 3 is 2.32 bits per heavy atom. The molecule has 0 bridgehead atoms. The highest BCUT2D eigenvalue weighted by Gasteiger charge is 2.28. The number of hydrogen-bond acceptors (Lipinski definition) is 4. The zero-order valence-corrected chi connectivity index (χ0v) is 20.7. The molecule has 0 radical (unpaired) electrons. The van der Waals surface area contributed by atoms with Crippen LogP contribution in [0.5, 0.6) is 5.75 Å². The summed E-state index contributed by atoms with van der Waals surface area (Å²) < 4.78 is 34.5. The highest BCUT2D eigenvalue weighted by molar-refractivity contribution is 7.89. The summed E-state index contributed by atoms with van der Waals surface area (Å²) in [5, 5.41) is 2.86. The van der Waals surface area contributed by atoms with Crippen LogP contribution in [0.1, 0.15) is 36.5 Å². The maximum atomic E-state index is 13.3. The second-order valence-corrected chi connectivity index (χ2v) is 9.99. The highest BCUT2D eigenvalue weighted by Crippen LogP contribution is 2.25. The van der Waals surface area contributed by atoms with Gasteiger partial charge in [-0.2, -0.15) is 4.72 Å². The highest BCUT2D eigenvalue weighted by atomic mass is 32.2. The van der Waals surface area contributed by atoms with Gasteiger partial charge in [0, 0.05) is 5.69 Å². The van der Waals surface area contributed by atoms with Gasteiger partial charge in [-0.15, -0.1) is 0 Å². The number of anilines is 1. The van der Waals surface area contributed by atoms with Crippen LogP contribution < -0.4 is 14.8 Å². The molecule has 3 aromatic carbocycles. The van der Waals surface area contributed by atoms with Crippen LogP contribution in [-0.4, -0.2) is 27.5 Å². The second-order valence-electron chi connectivity index (χ2n) is 8.31. The van der Waals surface area contributed by atoms with Crippen LogP contribution in [0.15, 0.2) is 77.7 Å². The first-order chi connectivity index (χ1) is 16.3. The quantitative estimate of drug-likeness (QED) is 0.410. The van der Waals surface area contributed by atoms with Crippen molar-refractivity contribution in [3.05, 3.63) is 89.5 Å². The van der Waals surface area contributed by atoms with Gasteiger partial charge in [0.05, 0.1) is 7.11 Å². The molecule has 0 unspecified atom stereocenters. The molecule has 1 amide bonds. The minimum absolute atomic E-state index is 0.00105. The summed E-state index contributed by atoms with van der Waals surface area (Å²) in [6.45, 7) is 3.95. The topological polar surface area (TPSA) is 84.5 Å². The summed E-state index contributed by atoms with van der Waals surface area (Å²) in [6, 6.07) is 20.9. The first-order valence-electron chi connectivity index (χ1n) is 11.4. The molecule has 6 nitrogen and oxygen atoms in total. The van der Waals surface area contributed by atoms with E-state index < -0.39 is 22.0 Å². The Morgan fingerprint density at radius 1 is 0.971 bits per heavy atom. The van der Waals surface area contributed by atoms with Crippen LogP contribution in [0.3, 0.4) is 0 Å². The summed E-state index contributed by atoms with van der Waals surface area (Å²) in [5.74, 6) is -0.208. The number of hydrogen-bond donors (Lipinski definition) is 2. The number of aryl methyl sites for hydroxylation is 2. The number of unbranched alkanes of at least 4 members (excludes halogenated alkanes) is 1. The van der Waals surface area contributed by atoms with E-state index in [4.69, 9.17) is 4.74 Å². The lowest BCUT2D eigenvalue weighted by Gasteiger charge is -2.20. The molecule has 0 heterocycles. The van der Waals surface area contributed by atoms with Gasteiger partial charge in [-0.1, -0.05) is 61.9 Å². The molecule has 0 aliphatic heterocycles. The number of amides is 1. The van der Waals surface area contributed by atoms with Crippen LogP contribution in [-0.2, 0) is 27.7 Å². The minimum atomic E-state index is -4.03. The maximum absolute atomic E-state index is 13.3. The van der Waals surface area contributed by atoms with Crippen molar-refractivity contribution in [2.45, 2.75) is 50.5 Å². The number of sulfonamides is 1. The third-order valence-corrected chi connectivity index (χ3v) is 7.04. The van der Waals surface area contributed by atoms with Crippen LogP contribution in [0.2, 0.25) is 0 Å². The molecule has 3 aromatic rings. The van der Waals surface area contributed by atoms with E-state index in [0.717, 1.165) is 30.4 Å². The summed E-state index contributed by atoms with van der Waals surface area (Å²) in [5.41, 5.74) is 3.44. The average molecular weight is 481 g/mol. The molecule has 3 rings (SSSR count). The van der Waals surface area contributed by atoms with Crippen molar-refractivity contribution < 1.29 is 17.9 Å². The molecule has 0 aromatic heterocycles. The average Bonchev–Trinajstić information content (AvgIpc) is 2.83. The fourth-order valence-electron chi connectivity index (χ4n) is 3.65. The molecular weight excluding hydrogens is 448 g/mol. The van der Waals surface area contributed by atoms with Gasteiger partial charge in [0.2, 0.25) is 15.9 Å². The fraction of sp³-hybridized carbons (Fsp3) is 0.296. The van der Waals surface area contributed by atoms with Crippen LogP contribution in [0, 0.1) is 6.92 Å². The van der Waals surface area contributed by atoms with E-state index in [0.29, 0.717) is 5.69 Å². The number of benzene rings is 3. The molecule has 0 aliphatic rings. The minimum Gasteiger partial charge on any atom is -0.495 e. The van der Waals surface area contributed by atoms with Crippen molar-refractivity contribution in [3.8, 4) is 5.75 Å². The Morgan fingerprint density at radius 2 is 1.68 bits per heavy atom. The molecule has 2 N–H and O–H groups in total. The predicted octanol–water partition coefficient (Wildman–Crippen LogP) is 4.87. The van der Waals surface area contributed by atoms with E-state index in [1.165, 1.54) is 18.7 Å². The second kappa shape index (κ2) is 11.8. The first-order valence-corrected chi connectivity index (χ1v) is 12.9. The Balaban J connectivity index is 1.85. The lowest BCUT2D eigenvalue weighted by molar-refractivity contribution is -0.117. The summed E-state index contributed by atoms with van der Waals surface area (Å²) >= 11 is 0. The largest absolute Gasteiger partial charge is 0.495 e. The van der Waals surface area contributed by atoms with Crippen molar-refractivity contribution >= 4 is 21.6 Å². The third-order valence-electron chi connectivity index (χ3n) is 5.55. The van der Waals surface area contributed by atoms with Crippen molar-refractivity contribution in [1.82, 2.24) is 4.72 Å². The molecule has 180 valence electrons. The Hall–Kier alpha value is -3.16. The zero-order valence-electron chi connectivity index (χ0n) is 19.9. The van der Waals surface area contributed by atoms with E-state index >= 15 is 0 Å². The number of carbonyl (C=O) groups is 1. The Labute approximate surface area is 202 Å². The van der Waals surface area contributed by atoms with Gasteiger partial charge < -0.3 is 10.1 Å². The number of methoxy groups -OCH3 is 1. The fourth-order valence-corrected chi connectivity index (χ4v) is 5.10. The smallest absolute Gasteiger partial charge is 0.245 e.